The molecule has 1 fully saturated rings. The van der Waals surface area contributed by atoms with Gasteiger partial charge in [0.15, 0.2) is 11.2 Å². The van der Waals surface area contributed by atoms with Gasteiger partial charge in [-0.3, -0.25) is 9.59 Å². The first-order chi connectivity index (χ1) is 16.5. The number of likely N-dealkylation sites (tertiary alicyclic amines) is 1. The van der Waals surface area contributed by atoms with Crippen molar-refractivity contribution in [2.45, 2.75) is 32.2 Å². The summed E-state index contributed by atoms with van der Waals surface area (Å²) >= 11 is 0. The Morgan fingerprint density at radius 1 is 1.18 bits per heavy atom. The fraction of sp³-hybridized carbons (Fsp3) is 0.320. The van der Waals surface area contributed by atoms with Gasteiger partial charge in [0.05, 0.1) is 19.2 Å². The summed E-state index contributed by atoms with van der Waals surface area (Å²) in [6.07, 6.45) is 1.64. The van der Waals surface area contributed by atoms with E-state index in [1.165, 1.54) is 5.56 Å². The van der Waals surface area contributed by atoms with Crippen LogP contribution in [0.2, 0.25) is 0 Å². The Kier molecular flexibility index (Phi) is 5.83. The molecule has 1 N–H and O–H groups in total. The van der Waals surface area contributed by atoms with Crippen molar-refractivity contribution in [3.63, 3.8) is 0 Å². The molecule has 9 heteroatoms. The van der Waals surface area contributed by atoms with Gasteiger partial charge in [-0.25, -0.2) is 9.67 Å². The number of nitrogens with zero attached hydrogens (tertiary/aromatic N) is 5. The zero-order valence-electron chi connectivity index (χ0n) is 19.2. The molecular formula is C25H26N6O3. The molecular weight excluding hydrogens is 432 g/mol. The van der Waals surface area contributed by atoms with E-state index in [1.807, 2.05) is 43.3 Å². The van der Waals surface area contributed by atoms with E-state index < -0.39 is 0 Å². The third-order valence-electron chi connectivity index (χ3n) is 6.28. The lowest BCUT2D eigenvalue weighted by atomic mass is 9.96. The number of nitrogens with one attached hydrogen (secondary N) is 1. The average Bonchev–Trinajstić information content (AvgIpc) is 3.28. The summed E-state index contributed by atoms with van der Waals surface area (Å²) in [5.74, 6) is 0.931. The van der Waals surface area contributed by atoms with Crippen molar-refractivity contribution in [2.75, 3.05) is 20.2 Å². The Bertz CT molecular complexity index is 1390. The van der Waals surface area contributed by atoms with Gasteiger partial charge in [-0.2, -0.15) is 0 Å². The van der Waals surface area contributed by atoms with Gasteiger partial charge in [-0.15, -0.1) is 5.10 Å². The molecule has 1 atom stereocenters. The van der Waals surface area contributed by atoms with Crippen LogP contribution in [0.4, 0.5) is 0 Å². The molecule has 0 spiro atoms. The molecule has 0 radical (unpaired) electrons. The molecule has 0 aliphatic carbocycles. The monoisotopic (exact) mass is 458 g/mol. The number of ether oxygens (including phenoxy) is 1. The highest BCUT2D eigenvalue weighted by Gasteiger charge is 2.29. The average molecular weight is 459 g/mol. The minimum absolute atomic E-state index is 0.0864. The minimum atomic E-state index is -0.316. The van der Waals surface area contributed by atoms with E-state index in [9.17, 15) is 9.59 Å². The number of H-pyrrole nitrogens is 1. The van der Waals surface area contributed by atoms with Gasteiger partial charge in [0.2, 0.25) is 0 Å². The maximum atomic E-state index is 13.2. The number of benzene rings is 2. The van der Waals surface area contributed by atoms with E-state index >= 15 is 0 Å². The summed E-state index contributed by atoms with van der Waals surface area (Å²) in [5.41, 5.74) is 3.10. The smallest absolute Gasteiger partial charge is 0.281 e. The zero-order valence-corrected chi connectivity index (χ0v) is 19.2. The molecule has 1 aliphatic heterocycles. The van der Waals surface area contributed by atoms with Crippen molar-refractivity contribution in [3.8, 4) is 5.75 Å². The zero-order chi connectivity index (χ0) is 23.7. The quantitative estimate of drug-likeness (QED) is 0.493. The Balaban J connectivity index is 1.42. The van der Waals surface area contributed by atoms with E-state index in [1.54, 1.807) is 28.8 Å². The van der Waals surface area contributed by atoms with Crippen LogP contribution in [-0.4, -0.2) is 56.0 Å². The second kappa shape index (κ2) is 9.09. The maximum Gasteiger partial charge on any atom is 0.281 e. The van der Waals surface area contributed by atoms with Gasteiger partial charge in [0.1, 0.15) is 11.6 Å². The van der Waals surface area contributed by atoms with E-state index in [0.29, 0.717) is 42.4 Å². The first kappa shape index (κ1) is 21.8. The second-order valence-corrected chi connectivity index (χ2v) is 8.65. The second-order valence-electron chi connectivity index (χ2n) is 8.65. The number of para-hydroxylation sites is 1. The van der Waals surface area contributed by atoms with E-state index in [4.69, 9.17) is 9.72 Å². The van der Waals surface area contributed by atoms with Crippen LogP contribution < -0.4 is 10.3 Å². The summed E-state index contributed by atoms with van der Waals surface area (Å²) in [5, 5.41) is 8.22. The van der Waals surface area contributed by atoms with Crippen molar-refractivity contribution in [3.05, 3.63) is 81.4 Å². The number of rotatable bonds is 5. The Labute approximate surface area is 196 Å². The number of hydrogen-bond donors (Lipinski definition) is 1. The minimum Gasteiger partial charge on any atom is -0.496 e. The topological polar surface area (TPSA) is 106 Å². The number of methoxy groups -OCH3 is 1. The number of aromatic amines is 1. The van der Waals surface area contributed by atoms with Crippen LogP contribution in [-0.2, 0) is 6.54 Å². The largest absolute Gasteiger partial charge is 0.496 e. The van der Waals surface area contributed by atoms with Gasteiger partial charge in [-0.1, -0.05) is 47.2 Å². The molecule has 2 aromatic heterocycles. The molecule has 4 aromatic rings. The Morgan fingerprint density at radius 2 is 1.97 bits per heavy atom. The number of aromatic nitrogens is 5. The van der Waals surface area contributed by atoms with Crippen molar-refractivity contribution in [2.24, 2.45) is 0 Å². The predicted octanol–water partition coefficient (Wildman–Crippen LogP) is 2.90. The highest BCUT2D eigenvalue weighted by atomic mass is 16.5. The highest BCUT2D eigenvalue weighted by Crippen LogP contribution is 2.28. The number of amides is 1. The van der Waals surface area contributed by atoms with E-state index in [2.05, 4.69) is 15.3 Å². The number of piperidine rings is 1. The lowest BCUT2D eigenvalue weighted by molar-refractivity contribution is 0.0701. The van der Waals surface area contributed by atoms with Crippen LogP contribution >= 0.6 is 0 Å². The molecule has 5 rings (SSSR count). The summed E-state index contributed by atoms with van der Waals surface area (Å²) in [6, 6.07) is 15.3. The molecule has 174 valence electrons. The molecule has 1 aliphatic rings. The molecule has 9 nitrogen and oxygen atoms in total. The van der Waals surface area contributed by atoms with Crippen molar-refractivity contribution in [1.82, 2.24) is 29.9 Å². The van der Waals surface area contributed by atoms with Crippen LogP contribution in [0, 0.1) is 6.92 Å². The van der Waals surface area contributed by atoms with Crippen molar-refractivity contribution >= 4 is 17.1 Å². The number of carbonyl (C=O) groups is 1. The standard InChI is InChI=1S/C25H26N6O3/c1-16-9-11-17(12-10-16)14-31-23-21(28-29-31)24(32)27-22(26-23)18-6-5-13-30(15-18)25(33)19-7-3-4-8-20(19)34-2/h3-4,7-12,18H,5-6,13-15H2,1-2H3,(H,26,27,32)/t18-/m1/s1. The summed E-state index contributed by atoms with van der Waals surface area (Å²) in [4.78, 5) is 35.4. The summed E-state index contributed by atoms with van der Waals surface area (Å²) in [7, 11) is 1.56. The number of hydrogen-bond acceptors (Lipinski definition) is 6. The van der Waals surface area contributed by atoms with E-state index in [-0.39, 0.29) is 22.9 Å². The molecule has 2 aromatic carbocycles. The first-order valence-corrected chi connectivity index (χ1v) is 11.3. The number of carbonyl (C=O) groups excluding carboxylic acids is 1. The Morgan fingerprint density at radius 3 is 2.76 bits per heavy atom. The summed E-state index contributed by atoms with van der Waals surface area (Å²) < 4.78 is 7.02. The van der Waals surface area contributed by atoms with Gasteiger partial charge < -0.3 is 14.6 Å². The summed E-state index contributed by atoms with van der Waals surface area (Å²) in [6.45, 7) is 3.61. The Hall–Kier alpha value is -4.01. The molecule has 1 amide bonds. The lowest BCUT2D eigenvalue weighted by Gasteiger charge is -2.32. The van der Waals surface area contributed by atoms with Gasteiger partial charge in [0, 0.05) is 19.0 Å². The third-order valence-corrected chi connectivity index (χ3v) is 6.28. The first-order valence-electron chi connectivity index (χ1n) is 11.3. The molecule has 34 heavy (non-hydrogen) atoms. The van der Waals surface area contributed by atoms with Gasteiger partial charge in [-0.05, 0) is 37.5 Å². The van der Waals surface area contributed by atoms with Crippen LogP contribution in [0.1, 0.15) is 46.1 Å². The van der Waals surface area contributed by atoms with E-state index in [0.717, 1.165) is 18.4 Å². The lowest BCUT2D eigenvalue weighted by Crippen LogP contribution is -2.40. The molecule has 0 unspecified atom stereocenters. The molecule has 0 bridgehead atoms. The maximum absolute atomic E-state index is 13.2. The molecule has 0 saturated carbocycles. The number of fused-ring (bicyclic) bond motifs is 1. The van der Waals surface area contributed by atoms with Crippen LogP contribution in [0.25, 0.3) is 11.2 Å². The fourth-order valence-corrected chi connectivity index (χ4v) is 4.43. The van der Waals surface area contributed by atoms with Crippen molar-refractivity contribution < 1.29 is 9.53 Å². The van der Waals surface area contributed by atoms with Crippen LogP contribution in [0.15, 0.2) is 53.3 Å². The fourth-order valence-electron chi connectivity index (χ4n) is 4.43. The highest BCUT2D eigenvalue weighted by molar-refractivity contribution is 5.97. The van der Waals surface area contributed by atoms with Crippen molar-refractivity contribution in [1.29, 1.82) is 0 Å². The van der Waals surface area contributed by atoms with Crippen LogP contribution in [0.5, 0.6) is 5.75 Å². The molecule has 3 heterocycles. The van der Waals surface area contributed by atoms with Gasteiger partial charge >= 0.3 is 0 Å². The third kappa shape index (κ3) is 4.16. The van der Waals surface area contributed by atoms with Crippen LogP contribution in [0.3, 0.4) is 0 Å². The normalized spacial score (nSPS) is 16.1. The number of aryl methyl sites for hydroxylation is 1. The van der Waals surface area contributed by atoms with Gasteiger partial charge in [0.25, 0.3) is 11.5 Å². The predicted molar refractivity (Wildman–Crippen MR) is 127 cm³/mol. The SMILES string of the molecule is COc1ccccc1C(=O)N1CCC[C@@H](c2nc3c(nnn3Cc3ccc(C)cc3)c(=O)[nH]2)C1. The molecule has 1 saturated heterocycles.